The highest BCUT2D eigenvalue weighted by atomic mass is 16.5. The summed E-state index contributed by atoms with van der Waals surface area (Å²) in [6.45, 7) is 10.9. The molecule has 2 aromatic rings. The van der Waals surface area contributed by atoms with Crippen LogP contribution in [0.5, 0.6) is 0 Å². The Morgan fingerprint density at radius 1 is 0.897 bits per heavy atom. The first-order chi connectivity index (χ1) is 13.6. The predicted octanol–water partition coefficient (Wildman–Crippen LogP) is 3.53. The second kappa shape index (κ2) is 9.37. The summed E-state index contributed by atoms with van der Waals surface area (Å²) >= 11 is 0. The molecule has 1 unspecified atom stereocenters. The predicted molar refractivity (Wildman–Crippen MR) is 113 cm³/mol. The van der Waals surface area contributed by atoms with E-state index in [0.717, 1.165) is 27.8 Å². The number of esters is 1. The zero-order valence-corrected chi connectivity index (χ0v) is 17.8. The third kappa shape index (κ3) is 5.91. The Morgan fingerprint density at radius 3 is 2.10 bits per heavy atom. The van der Waals surface area contributed by atoms with Gasteiger partial charge in [-0.3, -0.25) is 14.4 Å². The SMILES string of the molecule is Cc1cc(C)c(NC(=O)C(C)OC(=O)CNC(=O)c2ccc(C)c(C)c2)c(C)c1. The number of hydrogen-bond donors (Lipinski definition) is 2. The third-order valence-corrected chi connectivity index (χ3v) is 4.77. The van der Waals surface area contributed by atoms with Gasteiger partial charge in [-0.1, -0.05) is 23.8 Å². The first-order valence-electron chi connectivity index (χ1n) is 9.52. The maximum Gasteiger partial charge on any atom is 0.326 e. The topological polar surface area (TPSA) is 84.5 Å². The third-order valence-electron chi connectivity index (χ3n) is 4.77. The van der Waals surface area contributed by atoms with Crippen LogP contribution in [0, 0.1) is 34.6 Å². The van der Waals surface area contributed by atoms with Gasteiger partial charge < -0.3 is 15.4 Å². The lowest BCUT2D eigenvalue weighted by Gasteiger charge is -2.17. The van der Waals surface area contributed by atoms with Crippen LogP contribution in [0.2, 0.25) is 0 Å². The number of amides is 2. The molecule has 1 atom stereocenters. The average Bonchev–Trinajstić information content (AvgIpc) is 2.64. The zero-order valence-electron chi connectivity index (χ0n) is 17.8. The molecule has 6 heteroatoms. The molecule has 2 aromatic carbocycles. The lowest BCUT2D eigenvalue weighted by atomic mass is 10.0. The van der Waals surface area contributed by atoms with Gasteiger partial charge in [0, 0.05) is 11.3 Å². The van der Waals surface area contributed by atoms with Crippen molar-refractivity contribution in [3.05, 3.63) is 63.7 Å². The summed E-state index contributed by atoms with van der Waals surface area (Å²) in [4.78, 5) is 36.6. The van der Waals surface area contributed by atoms with Gasteiger partial charge in [-0.25, -0.2) is 0 Å². The van der Waals surface area contributed by atoms with Crippen LogP contribution in [0.4, 0.5) is 5.69 Å². The van der Waals surface area contributed by atoms with E-state index >= 15 is 0 Å². The monoisotopic (exact) mass is 396 g/mol. The maximum atomic E-state index is 12.4. The summed E-state index contributed by atoms with van der Waals surface area (Å²) in [5.74, 6) is -1.47. The molecule has 0 bridgehead atoms. The zero-order chi connectivity index (χ0) is 21.7. The molecule has 0 saturated carbocycles. The summed E-state index contributed by atoms with van der Waals surface area (Å²) in [6, 6.07) is 9.26. The van der Waals surface area contributed by atoms with Crippen molar-refractivity contribution >= 4 is 23.5 Å². The molecule has 0 saturated heterocycles. The number of benzene rings is 2. The smallest absolute Gasteiger partial charge is 0.326 e. The molecule has 2 rings (SSSR count). The van der Waals surface area contributed by atoms with Crippen molar-refractivity contribution in [3.8, 4) is 0 Å². The molecule has 0 aromatic heterocycles. The highest BCUT2D eigenvalue weighted by Gasteiger charge is 2.20. The Hall–Kier alpha value is -3.15. The highest BCUT2D eigenvalue weighted by molar-refractivity contribution is 5.98. The van der Waals surface area contributed by atoms with Crippen LogP contribution in [0.25, 0.3) is 0 Å². The van der Waals surface area contributed by atoms with Crippen molar-refractivity contribution in [2.45, 2.75) is 47.6 Å². The van der Waals surface area contributed by atoms with Gasteiger partial charge >= 0.3 is 5.97 Å². The second-order valence-corrected chi connectivity index (χ2v) is 7.38. The van der Waals surface area contributed by atoms with Gasteiger partial charge in [0.2, 0.25) is 0 Å². The van der Waals surface area contributed by atoms with E-state index in [9.17, 15) is 14.4 Å². The lowest BCUT2D eigenvalue weighted by molar-refractivity contribution is -0.152. The molecule has 6 nitrogen and oxygen atoms in total. The van der Waals surface area contributed by atoms with Crippen molar-refractivity contribution in [2.24, 2.45) is 0 Å². The van der Waals surface area contributed by atoms with Gasteiger partial charge in [-0.15, -0.1) is 0 Å². The quantitative estimate of drug-likeness (QED) is 0.732. The minimum Gasteiger partial charge on any atom is -0.451 e. The molecule has 0 aliphatic heterocycles. The van der Waals surface area contributed by atoms with Gasteiger partial charge in [0.15, 0.2) is 6.10 Å². The van der Waals surface area contributed by atoms with E-state index in [2.05, 4.69) is 10.6 Å². The van der Waals surface area contributed by atoms with Crippen LogP contribution in [-0.4, -0.2) is 30.4 Å². The van der Waals surface area contributed by atoms with Crippen LogP contribution in [-0.2, 0) is 14.3 Å². The number of rotatable bonds is 6. The molecular formula is C23H28N2O4. The standard InChI is InChI=1S/C23H28N2O4/c1-13-9-16(4)21(17(5)10-13)25-22(27)18(6)29-20(26)12-24-23(28)19-8-7-14(2)15(3)11-19/h7-11,18H,12H2,1-6H3,(H,24,28)(H,25,27). The van der Waals surface area contributed by atoms with E-state index in [1.165, 1.54) is 6.92 Å². The molecule has 0 aliphatic carbocycles. The van der Waals surface area contributed by atoms with E-state index in [1.54, 1.807) is 12.1 Å². The van der Waals surface area contributed by atoms with Crippen molar-refractivity contribution in [1.29, 1.82) is 0 Å². The first-order valence-corrected chi connectivity index (χ1v) is 9.52. The molecule has 29 heavy (non-hydrogen) atoms. The van der Waals surface area contributed by atoms with E-state index < -0.39 is 18.0 Å². The van der Waals surface area contributed by atoms with Crippen LogP contribution >= 0.6 is 0 Å². The lowest BCUT2D eigenvalue weighted by Crippen LogP contribution is -2.36. The fourth-order valence-electron chi connectivity index (χ4n) is 3.03. The largest absolute Gasteiger partial charge is 0.451 e. The summed E-state index contributed by atoms with van der Waals surface area (Å²) in [6.07, 6.45) is -0.985. The number of aryl methyl sites for hydroxylation is 5. The number of carbonyl (C=O) groups excluding carboxylic acids is 3. The first kappa shape index (κ1) is 22.1. The van der Waals surface area contributed by atoms with Crippen LogP contribution in [0.15, 0.2) is 30.3 Å². The normalized spacial score (nSPS) is 11.5. The summed E-state index contributed by atoms with van der Waals surface area (Å²) in [7, 11) is 0. The molecule has 0 aliphatic rings. The molecular weight excluding hydrogens is 368 g/mol. The van der Waals surface area contributed by atoms with E-state index in [0.29, 0.717) is 11.3 Å². The number of nitrogens with one attached hydrogen (secondary N) is 2. The molecule has 2 amide bonds. The number of ether oxygens (including phenoxy) is 1. The fraction of sp³-hybridized carbons (Fsp3) is 0.348. The van der Waals surface area contributed by atoms with Crippen molar-refractivity contribution < 1.29 is 19.1 Å². The maximum absolute atomic E-state index is 12.4. The van der Waals surface area contributed by atoms with Gasteiger partial charge in [0.25, 0.3) is 11.8 Å². The highest BCUT2D eigenvalue weighted by Crippen LogP contribution is 2.22. The molecule has 154 valence electrons. The minimum atomic E-state index is -0.985. The number of carbonyl (C=O) groups is 3. The van der Waals surface area contributed by atoms with Crippen LogP contribution in [0.1, 0.15) is 45.1 Å². The number of hydrogen-bond acceptors (Lipinski definition) is 4. The second-order valence-electron chi connectivity index (χ2n) is 7.38. The average molecular weight is 396 g/mol. The molecule has 0 heterocycles. The van der Waals surface area contributed by atoms with E-state index in [4.69, 9.17) is 4.74 Å². The van der Waals surface area contributed by atoms with E-state index in [-0.39, 0.29) is 12.5 Å². The fourth-order valence-corrected chi connectivity index (χ4v) is 3.03. The van der Waals surface area contributed by atoms with Crippen molar-refractivity contribution in [2.75, 3.05) is 11.9 Å². The van der Waals surface area contributed by atoms with Crippen LogP contribution in [0.3, 0.4) is 0 Å². The van der Waals surface area contributed by atoms with Crippen LogP contribution < -0.4 is 10.6 Å². The van der Waals surface area contributed by atoms with E-state index in [1.807, 2.05) is 52.8 Å². The number of anilines is 1. The van der Waals surface area contributed by atoms with Crippen molar-refractivity contribution in [1.82, 2.24) is 5.32 Å². The van der Waals surface area contributed by atoms with Gasteiger partial charge in [0.1, 0.15) is 6.54 Å². The Labute approximate surface area is 171 Å². The summed E-state index contributed by atoms with van der Waals surface area (Å²) in [5.41, 5.74) is 6.25. The Bertz CT molecular complexity index is 927. The molecule has 0 spiro atoms. The summed E-state index contributed by atoms with van der Waals surface area (Å²) < 4.78 is 5.15. The van der Waals surface area contributed by atoms with Crippen molar-refractivity contribution in [3.63, 3.8) is 0 Å². The Kier molecular flexibility index (Phi) is 7.15. The summed E-state index contributed by atoms with van der Waals surface area (Å²) in [5, 5.41) is 5.33. The molecule has 0 radical (unpaired) electrons. The molecule has 2 N–H and O–H groups in total. The Balaban J connectivity index is 1.89. The Morgan fingerprint density at radius 2 is 1.52 bits per heavy atom. The van der Waals surface area contributed by atoms with Gasteiger partial charge in [-0.05, 0) is 75.9 Å². The molecule has 0 fully saturated rings. The van der Waals surface area contributed by atoms with Gasteiger partial charge in [-0.2, -0.15) is 0 Å². The van der Waals surface area contributed by atoms with Gasteiger partial charge in [0.05, 0.1) is 0 Å². The minimum absolute atomic E-state index is 0.314.